The van der Waals surface area contributed by atoms with Crippen molar-refractivity contribution in [3.8, 4) is 0 Å². The van der Waals surface area contributed by atoms with Crippen LogP contribution in [0.4, 0.5) is 5.69 Å². The smallest absolute Gasteiger partial charge is 0.216 e. The normalized spacial score (nSPS) is 11.3. The number of hydrogen-bond donors (Lipinski definition) is 3. The van der Waals surface area contributed by atoms with Crippen LogP contribution in [0.2, 0.25) is 0 Å². The number of guanidine groups is 1. The van der Waals surface area contributed by atoms with Gasteiger partial charge in [0.1, 0.15) is 12.3 Å². The van der Waals surface area contributed by atoms with E-state index in [9.17, 15) is 0 Å². The monoisotopic (exact) mass is 245 g/mol. The summed E-state index contributed by atoms with van der Waals surface area (Å²) in [6.07, 6.45) is 1.66. The lowest BCUT2D eigenvalue weighted by Crippen LogP contribution is -2.36. The van der Waals surface area contributed by atoms with Crippen LogP contribution in [0.5, 0.6) is 0 Å². The van der Waals surface area contributed by atoms with Crippen molar-refractivity contribution in [3.05, 3.63) is 48.2 Å². The molecule has 6 heteroatoms. The number of rotatable bonds is 3. The summed E-state index contributed by atoms with van der Waals surface area (Å²) >= 11 is 0. The average Bonchev–Trinajstić information content (AvgIpc) is 2.81. The molecule has 2 rings (SSSR count). The molecule has 0 fully saturated rings. The van der Waals surface area contributed by atoms with Gasteiger partial charge >= 0.3 is 0 Å². The molecular weight excluding hydrogens is 230 g/mol. The highest BCUT2D eigenvalue weighted by atomic mass is 16.4. The van der Waals surface area contributed by atoms with Crippen LogP contribution in [0, 0.1) is 6.92 Å². The molecule has 1 aromatic carbocycles. The second-order valence-corrected chi connectivity index (χ2v) is 3.66. The molecule has 6 nitrogen and oxygen atoms in total. The van der Waals surface area contributed by atoms with Crippen molar-refractivity contribution >= 4 is 11.6 Å². The van der Waals surface area contributed by atoms with E-state index in [1.54, 1.807) is 6.20 Å². The molecule has 0 radical (unpaired) electrons. The molecule has 0 atom stereocenters. The third kappa shape index (κ3) is 3.33. The number of nitrogens with zero attached hydrogens (tertiary/aromatic N) is 2. The van der Waals surface area contributed by atoms with Gasteiger partial charge in [-0.3, -0.25) is 5.43 Å². The van der Waals surface area contributed by atoms with E-state index in [-0.39, 0.29) is 0 Å². The van der Waals surface area contributed by atoms with Crippen molar-refractivity contribution in [2.75, 3.05) is 5.32 Å². The van der Waals surface area contributed by atoms with Crippen LogP contribution in [0.25, 0.3) is 0 Å². The molecule has 0 bridgehead atoms. The lowest BCUT2D eigenvalue weighted by atomic mass is 10.3. The third-order valence-electron chi connectivity index (χ3n) is 2.21. The molecule has 1 heterocycles. The first-order chi connectivity index (χ1) is 8.78. The first kappa shape index (κ1) is 12.1. The van der Waals surface area contributed by atoms with Crippen molar-refractivity contribution in [1.29, 1.82) is 0 Å². The fraction of sp³-hybridized carbons (Fsp3) is 0.167. The molecule has 0 unspecified atom stereocenters. The Balaban J connectivity index is 2.00. The van der Waals surface area contributed by atoms with Crippen LogP contribution < -0.4 is 16.6 Å². The van der Waals surface area contributed by atoms with Gasteiger partial charge < -0.3 is 9.73 Å². The quantitative estimate of drug-likeness (QED) is 0.329. The predicted octanol–water partition coefficient (Wildman–Crippen LogP) is 1.41. The summed E-state index contributed by atoms with van der Waals surface area (Å²) in [4.78, 5) is 8.29. The second kappa shape index (κ2) is 5.83. The van der Waals surface area contributed by atoms with E-state index in [1.165, 1.54) is 0 Å². The molecule has 4 N–H and O–H groups in total. The van der Waals surface area contributed by atoms with Crippen LogP contribution in [0.15, 0.2) is 45.9 Å². The number of benzene rings is 1. The maximum atomic E-state index is 5.40. The summed E-state index contributed by atoms with van der Waals surface area (Å²) in [5.74, 6) is 7.16. The third-order valence-corrected chi connectivity index (χ3v) is 2.21. The summed E-state index contributed by atoms with van der Waals surface area (Å²) in [6.45, 7) is 2.16. The van der Waals surface area contributed by atoms with Crippen LogP contribution >= 0.6 is 0 Å². The minimum absolute atomic E-state index is 0.327. The lowest BCUT2D eigenvalue weighted by Gasteiger charge is -2.08. The Kier molecular flexibility index (Phi) is 3.93. The highest BCUT2D eigenvalue weighted by molar-refractivity contribution is 5.93. The molecule has 0 saturated carbocycles. The van der Waals surface area contributed by atoms with Gasteiger partial charge in [0.15, 0.2) is 0 Å². The number of para-hydroxylation sites is 1. The molecule has 2 aromatic rings. The van der Waals surface area contributed by atoms with Gasteiger partial charge in [-0.1, -0.05) is 18.2 Å². The first-order valence-electron chi connectivity index (χ1n) is 5.52. The van der Waals surface area contributed by atoms with Crippen molar-refractivity contribution in [1.82, 2.24) is 10.4 Å². The Bertz CT molecular complexity index is 520. The van der Waals surface area contributed by atoms with Gasteiger partial charge in [0.05, 0.1) is 6.20 Å². The predicted molar refractivity (Wildman–Crippen MR) is 69.8 cm³/mol. The Morgan fingerprint density at radius 2 is 2.17 bits per heavy atom. The number of aliphatic imine (C=N–C) groups is 1. The fourth-order valence-corrected chi connectivity index (χ4v) is 1.40. The van der Waals surface area contributed by atoms with E-state index in [0.717, 1.165) is 11.4 Å². The van der Waals surface area contributed by atoms with Crippen LogP contribution in [-0.4, -0.2) is 10.9 Å². The van der Waals surface area contributed by atoms with Crippen molar-refractivity contribution in [3.63, 3.8) is 0 Å². The molecule has 0 saturated heterocycles. The summed E-state index contributed by atoms with van der Waals surface area (Å²) in [7, 11) is 0. The van der Waals surface area contributed by atoms with Crippen molar-refractivity contribution < 1.29 is 4.42 Å². The minimum atomic E-state index is 0.327. The Morgan fingerprint density at radius 3 is 2.78 bits per heavy atom. The summed E-state index contributed by atoms with van der Waals surface area (Å²) in [5, 5.41) is 3.05. The highest BCUT2D eigenvalue weighted by Gasteiger charge is 2.01. The number of oxazole rings is 1. The van der Waals surface area contributed by atoms with Crippen molar-refractivity contribution in [2.45, 2.75) is 13.5 Å². The van der Waals surface area contributed by atoms with Gasteiger partial charge in [0.2, 0.25) is 11.9 Å². The maximum Gasteiger partial charge on any atom is 0.216 e. The Labute approximate surface area is 105 Å². The zero-order valence-electron chi connectivity index (χ0n) is 10.1. The second-order valence-electron chi connectivity index (χ2n) is 3.66. The van der Waals surface area contributed by atoms with E-state index >= 15 is 0 Å². The number of nitrogens with two attached hydrogens (primary N) is 1. The number of aromatic nitrogens is 1. The summed E-state index contributed by atoms with van der Waals surface area (Å²) in [5.41, 5.74) is 3.40. The van der Waals surface area contributed by atoms with Gasteiger partial charge in [-0.2, -0.15) is 0 Å². The van der Waals surface area contributed by atoms with E-state index in [2.05, 4.69) is 20.7 Å². The average molecular weight is 245 g/mol. The van der Waals surface area contributed by atoms with Gasteiger partial charge in [-0.15, -0.1) is 0 Å². The lowest BCUT2D eigenvalue weighted by molar-refractivity contribution is 0.474. The van der Waals surface area contributed by atoms with E-state index in [0.29, 0.717) is 18.4 Å². The van der Waals surface area contributed by atoms with Crippen molar-refractivity contribution in [2.24, 2.45) is 10.8 Å². The molecule has 0 aliphatic heterocycles. The standard InChI is InChI=1S/C12H15N5O/c1-9-7-14-11(18-9)8-15-12(17-13)16-10-5-3-2-4-6-10/h2-7H,8,13H2,1H3,(H2,15,16,17). The van der Waals surface area contributed by atoms with E-state index in [1.807, 2.05) is 37.3 Å². The highest BCUT2D eigenvalue weighted by Crippen LogP contribution is 2.06. The molecule has 0 aliphatic rings. The molecule has 94 valence electrons. The molecular formula is C12H15N5O. The zero-order chi connectivity index (χ0) is 12.8. The zero-order valence-corrected chi connectivity index (χ0v) is 10.1. The van der Waals surface area contributed by atoms with Gasteiger partial charge in [-0.25, -0.2) is 15.8 Å². The topological polar surface area (TPSA) is 88.5 Å². The number of anilines is 1. The van der Waals surface area contributed by atoms with E-state index < -0.39 is 0 Å². The summed E-state index contributed by atoms with van der Waals surface area (Å²) < 4.78 is 5.31. The first-order valence-corrected chi connectivity index (χ1v) is 5.52. The number of nitrogens with one attached hydrogen (secondary N) is 2. The molecule has 1 aromatic heterocycles. The van der Waals surface area contributed by atoms with Gasteiger partial charge in [0.25, 0.3) is 0 Å². The Hall–Kier alpha value is -2.34. The number of hydrogen-bond acceptors (Lipinski definition) is 4. The van der Waals surface area contributed by atoms with Gasteiger partial charge in [-0.05, 0) is 19.1 Å². The maximum absolute atomic E-state index is 5.40. The Morgan fingerprint density at radius 1 is 1.39 bits per heavy atom. The van der Waals surface area contributed by atoms with Crippen LogP contribution in [0.3, 0.4) is 0 Å². The number of hydrazine groups is 1. The van der Waals surface area contributed by atoms with Gasteiger partial charge in [0, 0.05) is 5.69 Å². The molecule has 0 amide bonds. The molecule has 18 heavy (non-hydrogen) atoms. The summed E-state index contributed by atoms with van der Waals surface area (Å²) in [6, 6.07) is 9.62. The molecule has 0 spiro atoms. The fourth-order valence-electron chi connectivity index (χ4n) is 1.40. The van der Waals surface area contributed by atoms with E-state index in [4.69, 9.17) is 10.3 Å². The minimum Gasteiger partial charge on any atom is -0.444 e. The largest absolute Gasteiger partial charge is 0.444 e. The number of aryl methyl sites for hydroxylation is 1. The van der Waals surface area contributed by atoms with Crippen LogP contribution in [0.1, 0.15) is 11.7 Å². The van der Waals surface area contributed by atoms with Crippen LogP contribution in [-0.2, 0) is 6.54 Å². The molecule has 0 aliphatic carbocycles. The SMILES string of the molecule is Cc1cnc(CN=C(NN)Nc2ccccc2)o1.